The van der Waals surface area contributed by atoms with Crippen LogP contribution >= 0.6 is 27.5 Å². The Balaban J connectivity index is 2.00. The molecule has 0 saturated carbocycles. The Morgan fingerprint density at radius 2 is 1.88 bits per heavy atom. The molecule has 0 spiro atoms. The van der Waals surface area contributed by atoms with E-state index in [1.807, 2.05) is 0 Å². The van der Waals surface area contributed by atoms with Crippen LogP contribution < -0.4 is 4.74 Å². The molecule has 0 radical (unpaired) electrons. The molecule has 1 aliphatic rings. The summed E-state index contributed by atoms with van der Waals surface area (Å²) in [5.74, 6) is -0.215. The number of esters is 1. The molecular formula is C18H14BrClN2O4. The molecule has 2 aromatic carbocycles. The number of halogens is 2. The molecule has 0 saturated heterocycles. The van der Waals surface area contributed by atoms with E-state index in [-0.39, 0.29) is 11.8 Å². The molecule has 0 bridgehead atoms. The van der Waals surface area contributed by atoms with Gasteiger partial charge < -0.3 is 9.47 Å². The third-order valence-electron chi connectivity index (χ3n) is 3.55. The molecule has 6 nitrogen and oxygen atoms in total. The zero-order valence-electron chi connectivity index (χ0n) is 13.9. The van der Waals surface area contributed by atoms with E-state index in [1.54, 1.807) is 42.5 Å². The van der Waals surface area contributed by atoms with Gasteiger partial charge in [0.2, 0.25) is 18.0 Å². The summed E-state index contributed by atoms with van der Waals surface area (Å²) in [6.45, 7) is 2.69. The lowest BCUT2D eigenvalue weighted by molar-refractivity contribution is -0.135. The fourth-order valence-electron chi connectivity index (χ4n) is 2.44. The van der Waals surface area contributed by atoms with Crippen molar-refractivity contribution in [2.24, 2.45) is 5.10 Å². The number of carbonyl (C=O) groups is 2. The van der Waals surface area contributed by atoms with Gasteiger partial charge in [-0.2, -0.15) is 5.01 Å². The summed E-state index contributed by atoms with van der Waals surface area (Å²) >= 11 is 9.29. The van der Waals surface area contributed by atoms with Crippen molar-refractivity contribution >= 4 is 45.3 Å². The normalized spacial score (nSPS) is 16.1. The Kier molecular flexibility index (Phi) is 5.29. The number of hydrazone groups is 1. The fourth-order valence-corrected chi connectivity index (χ4v) is 2.94. The minimum absolute atomic E-state index is 0.274. The molecule has 8 heteroatoms. The Morgan fingerprint density at radius 3 is 2.50 bits per heavy atom. The Labute approximate surface area is 163 Å². The van der Waals surface area contributed by atoms with E-state index in [4.69, 9.17) is 21.1 Å². The third kappa shape index (κ3) is 3.89. The minimum atomic E-state index is -0.856. The van der Waals surface area contributed by atoms with E-state index in [0.717, 1.165) is 4.47 Å². The molecule has 134 valence electrons. The first-order chi connectivity index (χ1) is 12.3. The van der Waals surface area contributed by atoms with E-state index in [2.05, 4.69) is 21.0 Å². The number of amides is 1. The van der Waals surface area contributed by atoms with Crippen LogP contribution in [0.2, 0.25) is 5.02 Å². The summed E-state index contributed by atoms with van der Waals surface area (Å²) in [6.07, 6.45) is -0.856. The van der Waals surface area contributed by atoms with Crippen LogP contribution in [0.5, 0.6) is 5.75 Å². The summed E-state index contributed by atoms with van der Waals surface area (Å²) in [4.78, 5) is 23.5. The fraction of sp³-hybridized carbons (Fsp3) is 0.167. The van der Waals surface area contributed by atoms with Gasteiger partial charge in [-0.1, -0.05) is 27.5 Å². The number of ether oxygens (including phenoxy) is 2. The lowest BCUT2D eigenvalue weighted by Gasteiger charge is -2.21. The van der Waals surface area contributed by atoms with Crippen LogP contribution in [-0.4, -0.2) is 22.8 Å². The summed E-state index contributed by atoms with van der Waals surface area (Å²) < 4.78 is 11.9. The van der Waals surface area contributed by atoms with Crippen molar-refractivity contribution in [3.63, 3.8) is 0 Å². The maximum Gasteiger partial charge on any atom is 0.308 e. The summed E-state index contributed by atoms with van der Waals surface area (Å²) in [5, 5.41) is 6.06. The number of benzene rings is 2. The largest absolute Gasteiger partial charge is 0.446 e. The van der Waals surface area contributed by atoms with E-state index in [9.17, 15) is 9.59 Å². The summed E-state index contributed by atoms with van der Waals surface area (Å²) in [5.41, 5.74) is 1.17. The molecule has 26 heavy (non-hydrogen) atoms. The van der Waals surface area contributed by atoms with Crippen molar-refractivity contribution in [3.8, 4) is 5.75 Å². The average Bonchev–Trinajstić information content (AvgIpc) is 3.02. The third-order valence-corrected chi connectivity index (χ3v) is 4.29. The number of hydrogen-bond acceptors (Lipinski definition) is 5. The number of carbonyl (C=O) groups excluding carboxylic acids is 2. The first kappa shape index (κ1) is 18.4. The zero-order chi connectivity index (χ0) is 18.8. The number of nitrogens with zero attached hydrogens (tertiary/aromatic N) is 2. The van der Waals surface area contributed by atoms with Crippen LogP contribution in [0.4, 0.5) is 0 Å². The first-order valence-corrected chi connectivity index (χ1v) is 8.81. The lowest BCUT2D eigenvalue weighted by Crippen LogP contribution is -2.26. The average molecular weight is 438 g/mol. The molecule has 3 rings (SSSR count). The van der Waals surface area contributed by atoms with Crippen LogP contribution in [0.3, 0.4) is 0 Å². The highest BCUT2D eigenvalue weighted by Gasteiger charge is 2.35. The van der Waals surface area contributed by atoms with Gasteiger partial charge in [0.05, 0.1) is 5.56 Å². The van der Waals surface area contributed by atoms with Gasteiger partial charge in [0.15, 0.2) is 0 Å². The zero-order valence-corrected chi connectivity index (χ0v) is 16.2. The van der Waals surface area contributed by atoms with E-state index >= 15 is 0 Å². The second-order valence-corrected chi connectivity index (χ2v) is 6.87. The van der Waals surface area contributed by atoms with Gasteiger partial charge in [0, 0.05) is 28.9 Å². The Bertz CT molecular complexity index is 899. The second-order valence-electron chi connectivity index (χ2n) is 5.52. The summed E-state index contributed by atoms with van der Waals surface area (Å²) in [6, 6.07) is 12.0. The van der Waals surface area contributed by atoms with Crippen molar-refractivity contribution in [2.75, 3.05) is 0 Å². The van der Waals surface area contributed by atoms with Crippen LogP contribution in [0.25, 0.3) is 0 Å². The van der Waals surface area contributed by atoms with Gasteiger partial charge in [-0.3, -0.25) is 9.59 Å². The van der Waals surface area contributed by atoms with Crippen LogP contribution in [0.15, 0.2) is 52.0 Å². The molecule has 0 aromatic heterocycles. The minimum Gasteiger partial charge on any atom is -0.446 e. The van der Waals surface area contributed by atoms with Gasteiger partial charge in [-0.15, -0.1) is 5.10 Å². The van der Waals surface area contributed by atoms with Gasteiger partial charge in [0.1, 0.15) is 5.75 Å². The predicted molar refractivity (Wildman–Crippen MR) is 99.8 cm³/mol. The highest BCUT2D eigenvalue weighted by molar-refractivity contribution is 9.10. The van der Waals surface area contributed by atoms with Crippen molar-refractivity contribution in [2.45, 2.75) is 20.1 Å². The van der Waals surface area contributed by atoms with Gasteiger partial charge >= 0.3 is 5.97 Å². The van der Waals surface area contributed by atoms with Crippen molar-refractivity contribution in [1.29, 1.82) is 0 Å². The van der Waals surface area contributed by atoms with Crippen molar-refractivity contribution in [1.82, 2.24) is 5.01 Å². The quantitative estimate of drug-likeness (QED) is 0.531. The van der Waals surface area contributed by atoms with Crippen LogP contribution in [-0.2, 0) is 14.3 Å². The monoisotopic (exact) mass is 436 g/mol. The van der Waals surface area contributed by atoms with Crippen LogP contribution in [0.1, 0.15) is 31.2 Å². The molecule has 1 amide bonds. The number of rotatable bonds is 3. The topological polar surface area (TPSA) is 68.2 Å². The highest BCUT2D eigenvalue weighted by Crippen LogP contribution is 2.37. The molecule has 1 aliphatic heterocycles. The molecule has 0 unspecified atom stereocenters. The van der Waals surface area contributed by atoms with E-state index < -0.39 is 12.2 Å². The standard InChI is InChI=1S/C18H14BrClN2O4/c1-10(23)22-18(15-9-13(19)5-8-16(15)25-11(2)24)26-17(21-22)12-3-6-14(20)7-4-12/h3-9,18H,1-2H3/t18-/m0/s1. The molecular weight excluding hydrogens is 424 g/mol. The van der Waals surface area contributed by atoms with E-state index in [1.165, 1.54) is 18.9 Å². The molecule has 0 aliphatic carbocycles. The molecule has 2 aromatic rings. The van der Waals surface area contributed by atoms with E-state index in [0.29, 0.717) is 21.9 Å². The predicted octanol–water partition coefficient (Wildman–Crippen LogP) is 4.27. The Morgan fingerprint density at radius 1 is 1.19 bits per heavy atom. The van der Waals surface area contributed by atoms with Crippen LogP contribution in [0, 0.1) is 0 Å². The summed E-state index contributed by atoms with van der Waals surface area (Å²) in [7, 11) is 0. The number of hydrogen-bond donors (Lipinski definition) is 0. The second kappa shape index (κ2) is 7.47. The van der Waals surface area contributed by atoms with Crippen molar-refractivity contribution in [3.05, 3.63) is 63.1 Å². The molecule has 0 N–H and O–H groups in total. The van der Waals surface area contributed by atoms with Gasteiger partial charge in [-0.05, 0) is 42.5 Å². The smallest absolute Gasteiger partial charge is 0.308 e. The maximum absolute atomic E-state index is 12.1. The highest BCUT2D eigenvalue weighted by atomic mass is 79.9. The lowest BCUT2D eigenvalue weighted by atomic mass is 10.1. The first-order valence-electron chi connectivity index (χ1n) is 7.64. The van der Waals surface area contributed by atoms with Gasteiger partial charge in [-0.25, -0.2) is 0 Å². The van der Waals surface area contributed by atoms with Crippen molar-refractivity contribution < 1.29 is 19.1 Å². The molecule has 1 heterocycles. The maximum atomic E-state index is 12.1. The SMILES string of the molecule is CC(=O)Oc1ccc(Br)cc1[C@@H]1OC(c2ccc(Cl)cc2)=NN1C(C)=O. The van der Waals surface area contributed by atoms with Gasteiger partial charge in [0.25, 0.3) is 0 Å². The molecule has 0 fully saturated rings. The Hall–Kier alpha value is -2.38. The molecule has 1 atom stereocenters.